The molecule has 0 saturated heterocycles. The average molecular weight is 368 g/mol. The number of aromatic nitrogens is 2. The Kier molecular flexibility index (Phi) is 5.26. The molecule has 0 saturated carbocycles. The van der Waals surface area contributed by atoms with Gasteiger partial charge in [-0.1, -0.05) is 6.92 Å². The van der Waals surface area contributed by atoms with E-state index in [1.165, 1.54) is 24.7 Å². The molecule has 3 aromatic rings. The molecule has 0 radical (unpaired) electrons. The van der Waals surface area contributed by atoms with Gasteiger partial charge in [0.05, 0.1) is 0 Å². The van der Waals surface area contributed by atoms with Crippen LogP contribution in [-0.4, -0.2) is 10.8 Å². The van der Waals surface area contributed by atoms with Crippen LogP contribution >= 0.6 is 0 Å². The number of nitrogens with zero attached hydrogens (tertiary/aromatic N) is 2. The minimum Gasteiger partial charge on any atom is -0.619 e. The fourth-order valence-corrected chi connectivity index (χ4v) is 2.84. The van der Waals surface area contributed by atoms with Crippen molar-refractivity contribution in [1.29, 1.82) is 0 Å². The number of hydrogen-bond donors (Lipinski definition) is 0. The predicted molar refractivity (Wildman–Crippen MR) is 97.1 cm³/mol. The first kappa shape index (κ1) is 18.6. The van der Waals surface area contributed by atoms with E-state index in [1.807, 2.05) is 13.0 Å². The van der Waals surface area contributed by atoms with Crippen LogP contribution in [0.25, 0.3) is 11.1 Å². The van der Waals surface area contributed by atoms with E-state index < -0.39 is 11.6 Å². The van der Waals surface area contributed by atoms with E-state index in [0.29, 0.717) is 16.8 Å². The van der Waals surface area contributed by atoms with Gasteiger partial charge >= 0.3 is 0 Å². The largest absolute Gasteiger partial charge is 0.619 e. The van der Waals surface area contributed by atoms with Gasteiger partial charge in [0.2, 0.25) is 0 Å². The zero-order chi connectivity index (χ0) is 19.6. The van der Waals surface area contributed by atoms with Gasteiger partial charge in [-0.05, 0) is 30.2 Å². The highest BCUT2D eigenvalue weighted by atomic mass is 19.1. The van der Waals surface area contributed by atoms with Gasteiger partial charge in [-0.15, -0.1) is 0 Å². The second kappa shape index (κ2) is 7.61. The van der Waals surface area contributed by atoms with Crippen LogP contribution in [0.3, 0.4) is 0 Å². The van der Waals surface area contributed by atoms with Gasteiger partial charge in [-0.2, -0.15) is 4.73 Å². The minimum atomic E-state index is -0.713. The van der Waals surface area contributed by atoms with Gasteiger partial charge in [-0.3, -0.25) is 9.78 Å². The highest BCUT2D eigenvalue weighted by Crippen LogP contribution is 2.25. The molecule has 0 N–H and O–H groups in total. The van der Waals surface area contributed by atoms with Crippen molar-refractivity contribution < 1.29 is 18.3 Å². The first-order valence-electron chi connectivity index (χ1n) is 8.48. The number of benzene rings is 1. The quantitative estimate of drug-likeness (QED) is 0.382. The number of pyridine rings is 2. The summed E-state index contributed by atoms with van der Waals surface area (Å²) in [7, 11) is 0. The van der Waals surface area contributed by atoms with Crippen LogP contribution in [0.4, 0.5) is 8.78 Å². The Bertz CT molecular complexity index is 1010. The fraction of sp³-hybridized carbons (Fsp3) is 0.190. The van der Waals surface area contributed by atoms with Crippen LogP contribution in [0.2, 0.25) is 0 Å². The molecule has 2 heterocycles. The second-order valence-electron chi connectivity index (χ2n) is 6.54. The molecular weight excluding hydrogens is 350 g/mol. The fourth-order valence-electron chi connectivity index (χ4n) is 2.84. The zero-order valence-corrected chi connectivity index (χ0v) is 14.9. The highest BCUT2D eigenvalue weighted by molar-refractivity contribution is 5.97. The third-order valence-corrected chi connectivity index (χ3v) is 4.49. The van der Waals surface area contributed by atoms with Crippen LogP contribution in [-0.2, 0) is 0 Å². The van der Waals surface area contributed by atoms with E-state index in [9.17, 15) is 18.8 Å². The first-order chi connectivity index (χ1) is 12.8. The Morgan fingerprint density at radius 1 is 1.19 bits per heavy atom. The van der Waals surface area contributed by atoms with Crippen molar-refractivity contribution in [3.8, 4) is 11.1 Å². The van der Waals surface area contributed by atoms with E-state index in [0.717, 1.165) is 22.4 Å². The number of aryl methyl sites for hydroxylation is 1. The summed E-state index contributed by atoms with van der Waals surface area (Å²) < 4.78 is 27.9. The third kappa shape index (κ3) is 4.16. The van der Waals surface area contributed by atoms with Crippen molar-refractivity contribution in [3.63, 3.8) is 0 Å². The topological polar surface area (TPSA) is 56.9 Å². The lowest BCUT2D eigenvalue weighted by Crippen LogP contribution is -2.30. The Balaban J connectivity index is 1.82. The smallest absolute Gasteiger partial charge is 0.189 e. The lowest BCUT2D eigenvalue weighted by atomic mass is 9.94. The number of carbonyl (C=O) groups is 1. The van der Waals surface area contributed by atoms with Gasteiger partial charge in [0, 0.05) is 60.1 Å². The maximum Gasteiger partial charge on any atom is 0.189 e. The number of Topliss-reactive ketones (excluding diaryl/α,β-unsaturated/α-hetero) is 1. The summed E-state index contributed by atoms with van der Waals surface area (Å²) in [6.07, 6.45) is 4.50. The van der Waals surface area contributed by atoms with Crippen LogP contribution in [0.15, 0.2) is 55.0 Å². The molecule has 138 valence electrons. The van der Waals surface area contributed by atoms with E-state index in [2.05, 4.69) is 4.98 Å². The predicted octanol–water partition coefficient (Wildman–Crippen LogP) is 4.35. The Labute approximate surface area is 155 Å². The van der Waals surface area contributed by atoms with Crippen molar-refractivity contribution >= 4 is 5.78 Å². The number of halogens is 2. The first-order valence-corrected chi connectivity index (χ1v) is 8.48. The molecule has 2 aromatic heterocycles. The molecule has 0 aliphatic heterocycles. The van der Waals surface area contributed by atoms with Gasteiger partial charge in [-0.25, -0.2) is 8.78 Å². The summed E-state index contributed by atoms with van der Waals surface area (Å²) in [5.74, 6) is -1.71. The molecule has 6 heteroatoms. The van der Waals surface area contributed by atoms with Crippen LogP contribution < -0.4 is 4.73 Å². The molecular formula is C21H18F2N2O2. The van der Waals surface area contributed by atoms with E-state index >= 15 is 0 Å². The lowest BCUT2D eigenvalue weighted by molar-refractivity contribution is -0.612. The number of ketones is 1. The van der Waals surface area contributed by atoms with Crippen LogP contribution in [0.5, 0.6) is 0 Å². The van der Waals surface area contributed by atoms with Gasteiger partial charge < -0.3 is 5.21 Å². The van der Waals surface area contributed by atoms with Crippen molar-refractivity contribution in [1.82, 2.24) is 4.98 Å². The summed E-state index contributed by atoms with van der Waals surface area (Å²) in [4.78, 5) is 16.6. The van der Waals surface area contributed by atoms with Crippen molar-refractivity contribution in [2.24, 2.45) is 0 Å². The van der Waals surface area contributed by atoms with Crippen LogP contribution in [0.1, 0.15) is 40.9 Å². The molecule has 0 bridgehead atoms. The summed E-state index contributed by atoms with van der Waals surface area (Å²) in [5, 5.41) is 11.7. The molecule has 0 amide bonds. The molecule has 3 rings (SSSR count). The normalized spacial score (nSPS) is 12.0. The van der Waals surface area contributed by atoms with E-state index in [-0.39, 0.29) is 23.7 Å². The van der Waals surface area contributed by atoms with Gasteiger partial charge in [0.1, 0.15) is 11.6 Å². The zero-order valence-electron chi connectivity index (χ0n) is 14.9. The number of hydrogen-bond acceptors (Lipinski definition) is 3. The Hall–Kier alpha value is -3.15. The Morgan fingerprint density at radius 3 is 2.67 bits per heavy atom. The summed E-state index contributed by atoms with van der Waals surface area (Å²) in [5.41, 5.74) is 2.26. The SMILES string of the molecule is Cc1ccc([C@@H](C)CC(=O)c2cncc(-c3ccc(F)cc3F)c2)c[n+]1[O-]. The van der Waals surface area contributed by atoms with Crippen molar-refractivity contribution in [2.75, 3.05) is 0 Å². The summed E-state index contributed by atoms with van der Waals surface area (Å²) >= 11 is 0. The number of carbonyl (C=O) groups excluding carboxylic acids is 1. The highest BCUT2D eigenvalue weighted by Gasteiger charge is 2.17. The maximum atomic E-state index is 14.0. The number of rotatable bonds is 5. The third-order valence-electron chi connectivity index (χ3n) is 4.49. The second-order valence-corrected chi connectivity index (χ2v) is 6.54. The molecule has 0 unspecified atom stereocenters. The van der Waals surface area contributed by atoms with E-state index in [4.69, 9.17) is 0 Å². The molecule has 1 aromatic carbocycles. The molecule has 0 aliphatic carbocycles. The van der Waals surface area contributed by atoms with Crippen LogP contribution in [0, 0.1) is 23.8 Å². The van der Waals surface area contributed by atoms with E-state index in [1.54, 1.807) is 19.1 Å². The standard InChI is InChI=1S/C21H18F2N2O2/c1-13(15-4-3-14(2)25(27)12-15)7-21(26)17-8-16(10-24-11-17)19-6-5-18(22)9-20(19)23/h3-6,8-13H,7H2,1-2H3/t13-/m0/s1. The van der Waals surface area contributed by atoms with Crippen molar-refractivity contribution in [3.05, 3.63) is 88.7 Å². The summed E-state index contributed by atoms with van der Waals surface area (Å²) in [6, 6.07) is 8.35. The lowest BCUT2D eigenvalue weighted by Gasteiger charge is -2.12. The molecule has 1 atom stereocenters. The molecule has 27 heavy (non-hydrogen) atoms. The Morgan fingerprint density at radius 2 is 1.96 bits per heavy atom. The maximum absolute atomic E-state index is 14.0. The monoisotopic (exact) mass is 368 g/mol. The molecule has 0 fully saturated rings. The summed E-state index contributed by atoms with van der Waals surface area (Å²) in [6.45, 7) is 3.57. The molecule has 4 nitrogen and oxygen atoms in total. The average Bonchev–Trinajstić information content (AvgIpc) is 2.64. The molecule has 0 spiro atoms. The van der Waals surface area contributed by atoms with Gasteiger partial charge in [0.15, 0.2) is 17.7 Å². The minimum absolute atomic E-state index is 0.162. The van der Waals surface area contributed by atoms with Crippen molar-refractivity contribution in [2.45, 2.75) is 26.2 Å². The van der Waals surface area contributed by atoms with Gasteiger partial charge in [0.25, 0.3) is 0 Å². The molecule has 0 aliphatic rings.